The molecule has 116 valence electrons. The zero-order chi connectivity index (χ0) is 15.5. The molecule has 0 saturated heterocycles. The normalized spacial score (nSPS) is 16.0. The maximum absolute atomic E-state index is 11.9. The zero-order valence-electron chi connectivity index (χ0n) is 12.5. The fourth-order valence-corrected chi connectivity index (χ4v) is 3.11. The molecule has 1 aliphatic heterocycles. The quantitative estimate of drug-likeness (QED) is 0.908. The van der Waals surface area contributed by atoms with Crippen LogP contribution in [-0.2, 0) is 12.8 Å². The number of nitrogens with zero attached hydrogens (tertiary/aromatic N) is 2. The number of anilines is 1. The highest BCUT2D eigenvalue weighted by molar-refractivity contribution is 7.11. The summed E-state index contributed by atoms with van der Waals surface area (Å²) in [5, 5.41) is 15.5. The van der Waals surface area contributed by atoms with Gasteiger partial charge in [-0.15, -0.1) is 21.5 Å². The number of benzene rings is 1. The zero-order valence-corrected chi connectivity index (χ0v) is 13.4. The molecule has 2 amide bonds. The predicted octanol–water partition coefficient (Wildman–Crippen LogP) is 2.53. The Hall–Kier alpha value is -2.15. The minimum atomic E-state index is -0.215. The van der Waals surface area contributed by atoms with Gasteiger partial charge in [-0.25, -0.2) is 4.79 Å². The first-order valence-electron chi connectivity index (χ1n) is 7.23. The molecule has 7 heteroatoms. The maximum atomic E-state index is 11.9. The second-order valence-corrected chi connectivity index (χ2v) is 6.57. The first-order valence-corrected chi connectivity index (χ1v) is 8.05. The van der Waals surface area contributed by atoms with Gasteiger partial charge in [0, 0.05) is 25.1 Å². The van der Waals surface area contributed by atoms with Crippen molar-refractivity contribution < 1.29 is 9.53 Å². The monoisotopic (exact) mass is 318 g/mol. The summed E-state index contributed by atoms with van der Waals surface area (Å²) in [6, 6.07) is 5.50. The molecule has 0 spiro atoms. The second-order valence-electron chi connectivity index (χ2n) is 5.30. The summed E-state index contributed by atoms with van der Waals surface area (Å²) < 4.78 is 5.64. The molecular formula is C15H18N4O2S. The Labute approximate surface area is 132 Å². The van der Waals surface area contributed by atoms with E-state index in [1.807, 2.05) is 32.0 Å². The van der Waals surface area contributed by atoms with Gasteiger partial charge >= 0.3 is 6.03 Å². The Bertz CT molecular complexity index is 686. The van der Waals surface area contributed by atoms with Gasteiger partial charge in [0.1, 0.15) is 21.9 Å². The van der Waals surface area contributed by atoms with Crippen LogP contribution in [0.3, 0.4) is 0 Å². The minimum absolute atomic E-state index is 0.203. The van der Waals surface area contributed by atoms with Crippen molar-refractivity contribution in [2.24, 2.45) is 0 Å². The number of nitrogens with one attached hydrogen (secondary N) is 2. The van der Waals surface area contributed by atoms with Crippen LogP contribution in [0.25, 0.3) is 0 Å². The van der Waals surface area contributed by atoms with Crippen molar-refractivity contribution in [2.45, 2.75) is 32.8 Å². The summed E-state index contributed by atoms with van der Waals surface area (Å²) in [6.45, 7) is 4.49. The van der Waals surface area contributed by atoms with Gasteiger partial charge in [0.2, 0.25) is 0 Å². The van der Waals surface area contributed by atoms with Crippen LogP contribution in [-0.4, -0.2) is 28.9 Å². The van der Waals surface area contributed by atoms with E-state index in [9.17, 15) is 4.79 Å². The molecule has 2 N–H and O–H groups in total. The highest BCUT2D eigenvalue weighted by atomic mass is 32.1. The van der Waals surface area contributed by atoms with Crippen LogP contribution in [0, 0.1) is 6.92 Å². The first kappa shape index (κ1) is 14.8. The van der Waals surface area contributed by atoms with E-state index < -0.39 is 0 Å². The Kier molecular flexibility index (Phi) is 4.24. The molecule has 0 aliphatic carbocycles. The number of aryl methyl sites for hydroxylation is 1. The van der Waals surface area contributed by atoms with Gasteiger partial charge in [-0.2, -0.15) is 0 Å². The van der Waals surface area contributed by atoms with Crippen LogP contribution in [0.4, 0.5) is 10.5 Å². The molecule has 0 radical (unpaired) electrons. The van der Waals surface area contributed by atoms with E-state index in [2.05, 4.69) is 20.8 Å². The van der Waals surface area contributed by atoms with Gasteiger partial charge in [0.25, 0.3) is 0 Å². The molecule has 1 atom stereocenters. The third-order valence-corrected chi connectivity index (χ3v) is 4.24. The summed E-state index contributed by atoms with van der Waals surface area (Å²) in [5.41, 5.74) is 1.91. The second kappa shape index (κ2) is 6.31. The number of ether oxygens (including phenoxy) is 1. The average molecular weight is 318 g/mol. The fraction of sp³-hybridized carbons (Fsp3) is 0.400. The van der Waals surface area contributed by atoms with Gasteiger partial charge in [-0.1, -0.05) is 0 Å². The summed E-state index contributed by atoms with van der Waals surface area (Å²) in [7, 11) is 0. The smallest absolute Gasteiger partial charge is 0.319 e. The number of urea groups is 1. The predicted molar refractivity (Wildman–Crippen MR) is 85.6 cm³/mol. The average Bonchev–Trinajstić information content (AvgIpc) is 3.03. The number of amides is 2. The van der Waals surface area contributed by atoms with Gasteiger partial charge in [0.05, 0.1) is 0 Å². The van der Waals surface area contributed by atoms with Gasteiger partial charge in [-0.3, -0.25) is 0 Å². The Morgan fingerprint density at radius 2 is 2.32 bits per heavy atom. The maximum Gasteiger partial charge on any atom is 0.319 e. The molecule has 6 nitrogen and oxygen atoms in total. The number of rotatable bonds is 4. The van der Waals surface area contributed by atoms with Crippen LogP contribution < -0.4 is 15.4 Å². The van der Waals surface area contributed by atoms with E-state index in [1.54, 1.807) is 11.3 Å². The standard InChI is InChI=1S/C15H18N4O2S/c1-9-7-11-8-12(3-4-13(11)21-9)17-15(20)16-6-5-14-19-18-10(2)22-14/h3-4,8-9H,5-7H2,1-2H3,(H2,16,17,20). The number of carbonyl (C=O) groups is 1. The lowest BCUT2D eigenvalue weighted by Gasteiger charge is -2.08. The SMILES string of the molecule is Cc1nnc(CCNC(=O)Nc2ccc3c(c2)CC(C)O3)s1. The highest BCUT2D eigenvalue weighted by Gasteiger charge is 2.19. The molecule has 1 unspecified atom stereocenters. The molecule has 22 heavy (non-hydrogen) atoms. The summed E-state index contributed by atoms with van der Waals surface area (Å²) in [4.78, 5) is 11.9. The third-order valence-electron chi connectivity index (χ3n) is 3.35. The Morgan fingerprint density at radius 1 is 1.45 bits per heavy atom. The molecule has 0 fully saturated rings. The van der Waals surface area contributed by atoms with Crippen molar-refractivity contribution in [3.05, 3.63) is 33.8 Å². The molecule has 0 saturated carbocycles. The number of hydrogen-bond donors (Lipinski definition) is 2. The van der Waals surface area contributed by atoms with E-state index in [0.717, 1.165) is 33.4 Å². The van der Waals surface area contributed by atoms with Crippen LogP contribution in [0.15, 0.2) is 18.2 Å². The number of carbonyl (C=O) groups excluding carboxylic acids is 1. The van der Waals surface area contributed by atoms with Gasteiger partial charge in [0.15, 0.2) is 0 Å². The summed E-state index contributed by atoms with van der Waals surface area (Å²) >= 11 is 1.55. The van der Waals surface area contributed by atoms with Crippen LogP contribution >= 0.6 is 11.3 Å². The van der Waals surface area contributed by atoms with Crippen molar-refractivity contribution in [2.75, 3.05) is 11.9 Å². The Morgan fingerprint density at radius 3 is 3.09 bits per heavy atom. The van der Waals surface area contributed by atoms with Crippen molar-refractivity contribution in [1.82, 2.24) is 15.5 Å². The van der Waals surface area contributed by atoms with Crippen molar-refractivity contribution in [3.8, 4) is 5.75 Å². The molecule has 1 aromatic heterocycles. The van der Waals surface area contributed by atoms with E-state index in [0.29, 0.717) is 13.0 Å². The minimum Gasteiger partial charge on any atom is -0.490 e. The van der Waals surface area contributed by atoms with E-state index >= 15 is 0 Å². The van der Waals surface area contributed by atoms with Crippen LogP contribution in [0.2, 0.25) is 0 Å². The van der Waals surface area contributed by atoms with E-state index in [4.69, 9.17) is 4.74 Å². The molecule has 1 aromatic carbocycles. The topological polar surface area (TPSA) is 76.1 Å². The first-order chi connectivity index (χ1) is 10.6. The molecule has 2 aromatic rings. The lowest BCUT2D eigenvalue weighted by molar-refractivity contribution is 0.252. The fourth-order valence-electron chi connectivity index (χ4n) is 2.40. The number of aromatic nitrogens is 2. The van der Waals surface area contributed by atoms with Crippen LogP contribution in [0.5, 0.6) is 5.75 Å². The molecule has 2 heterocycles. The number of fused-ring (bicyclic) bond motifs is 1. The lowest BCUT2D eigenvalue weighted by atomic mass is 10.1. The highest BCUT2D eigenvalue weighted by Crippen LogP contribution is 2.30. The molecule has 3 rings (SSSR count). The number of hydrogen-bond acceptors (Lipinski definition) is 5. The van der Waals surface area contributed by atoms with Crippen molar-refractivity contribution in [3.63, 3.8) is 0 Å². The largest absolute Gasteiger partial charge is 0.490 e. The molecular weight excluding hydrogens is 300 g/mol. The lowest BCUT2D eigenvalue weighted by Crippen LogP contribution is -2.30. The third kappa shape index (κ3) is 3.54. The van der Waals surface area contributed by atoms with Gasteiger partial charge < -0.3 is 15.4 Å². The Balaban J connectivity index is 1.49. The summed E-state index contributed by atoms with van der Waals surface area (Å²) in [6.07, 6.45) is 1.77. The summed E-state index contributed by atoms with van der Waals surface area (Å²) in [5.74, 6) is 0.907. The van der Waals surface area contributed by atoms with Crippen molar-refractivity contribution >= 4 is 23.1 Å². The van der Waals surface area contributed by atoms with Crippen molar-refractivity contribution in [1.29, 1.82) is 0 Å². The molecule has 0 bridgehead atoms. The molecule has 1 aliphatic rings. The van der Waals surface area contributed by atoms with E-state index in [-0.39, 0.29) is 12.1 Å². The van der Waals surface area contributed by atoms with Crippen LogP contribution in [0.1, 0.15) is 22.5 Å². The van der Waals surface area contributed by atoms with Gasteiger partial charge in [-0.05, 0) is 37.6 Å². The van der Waals surface area contributed by atoms with E-state index in [1.165, 1.54) is 0 Å².